The molecule has 1 fully saturated rings. The van der Waals surface area contributed by atoms with Crippen molar-refractivity contribution in [3.05, 3.63) is 59.2 Å². The van der Waals surface area contributed by atoms with Crippen LogP contribution in [0, 0.1) is 12.8 Å². The van der Waals surface area contributed by atoms with Crippen LogP contribution in [0.4, 0.5) is 11.4 Å². The largest absolute Gasteiger partial charge is 0.334 e. The fraction of sp³-hybridized carbons (Fsp3) is 0.348. The number of nitrogens with one attached hydrogen (secondary N) is 2. The second-order valence-corrected chi connectivity index (χ2v) is 7.98. The first-order valence-electron chi connectivity index (χ1n) is 10.1. The molecule has 1 saturated heterocycles. The number of nitrogens with zero attached hydrogens (tertiary/aromatic N) is 1. The average molecular weight is 391 g/mol. The lowest BCUT2D eigenvalue weighted by molar-refractivity contribution is -0.144. The molecule has 6 nitrogen and oxygen atoms in total. The lowest BCUT2D eigenvalue weighted by atomic mass is 9.90. The molecule has 29 heavy (non-hydrogen) atoms. The number of rotatable bonds is 3. The van der Waals surface area contributed by atoms with Gasteiger partial charge in [-0.25, -0.2) is 0 Å². The van der Waals surface area contributed by atoms with E-state index in [1.165, 1.54) is 11.1 Å². The Kier molecular flexibility index (Phi) is 5.34. The molecule has 0 unspecified atom stereocenters. The molecule has 2 aliphatic rings. The van der Waals surface area contributed by atoms with Gasteiger partial charge >= 0.3 is 11.8 Å². The molecule has 3 amide bonds. The Balaban J connectivity index is 1.29. The third-order valence-corrected chi connectivity index (χ3v) is 5.73. The van der Waals surface area contributed by atoms with Crippen molar-refractivity contribution < 1.29 is 14.4 Å². The quantitative estimate of drug-likeness (QED) is 0.790. The van der Waals surface area contributed by atoms with Gasteiger partial charge in [0.1, 0.15) is 0 Å². The first-order chi connectivity index (χ1) is 14.0. The first-order valence-corrected chi connectivity index (χ1v) is 10.1. The summed E-state index contributed by atoms with van der Waals surface area (Å²) in [6, 6.07) is 13.8. The van der Waals surface area contributed by atoms with Crippen LogP contribution in [0.25, 0.3) is 0 Å². The van der Waals surface area contributed by atoms with Crippen LogP contribution < -0.4 is 10.6 Å². The van der Waals surface area contributed by atoms with Crippen molar-refractivity contribution in [3.8, 4) is 0 Å². The molecule has 0 radical (unpaired) electrons. The van der Waals surface area contributed by atoms with Gasteiger partial charge < -0.3 is 15.5 Å². The van der Waals surface area contributed by atoms with E-state index in [0.29, 0.717) is 31.1 Å². The van der Waals surface area contributed by atoms with Gasteiger partial charge in [-0.1, -0.05) is 29.8 Å². The number of anilines is 2. The molecule has 2 aromatic rings. The van der Waals surface area contributed by atoms with E-state index in [-0.39, 0.29) is 5.91 Å². The molecular formula is C23H25N3O3. The van der Waals surface area contributed by atoms with Crippen LogP contribution >= 0.6 is 0 Å². The number of hydrogen-bond donors (Lipinski definition) is 2. The number of amides is 3. The summed E-state index contributed by atoms with van der Waals surface area (Å²) in [5.74, 6) is -0.646. The van der Waals surface area contributed by atoms with Crippen molar-refractivity contribution in [2.45, 2.75) is 32.6 Å². The molecule has 0 aliphatic carbocycles. The third kappa shape index (κ3) is 4.47. The Bertz CT molecular complexity index is 944. The maximum Gasteiger partial charge on any atom is 0.313 e. The summed E-state index contributed by atoms with van der Waals surface area (Å²) in [7, 11) is 0. The first kappa shape index (κ1) is 19.2. The smallest absolute Gasteiger partial charge is 0.313 e. The minimum Gasteiger partial charge on any atom is -0.334 e. The van der Waals surface area contributed by atoms with E-state index in [0.717, 1.165) is 30.5 Å². The van der Waals surface area contributed by atoms with Gasteiger partial charge in [-0.2, -0.15) is 0 Å². The van der Waals surface area contributed by atoms with Crippen LogP contribution in [0.1, 0.15) is 29.5 Å². The highest BCUT2D eigenvalue weighted by Gasteiger charge is 2.27. The van der Waals surface area contributed by atoms with E-state index in [9.17, 15) is 14.4 Å². The summed E-state index contributed by atoms with van der Waals surface area (Å²) in [6.45, 7) is 3.29. The maximum atomic E-state index is 12.5. The van der Waals surface area contributed by atoms with Gasteiger partial charge in [-0.05, 0) is 61.4 Å². The average Bonchev–Trinajstić information content (AvgIpc) is 3.09. The monoisotopic (exact) mass is 391 g/mol. The normalized spacial score (nSPS) is 16.3. The van der Waals surface area contributed by atoms with E-state index in [2.05, 4.69) is 41.8 Å². The molecule has 2 aliphatic heterocycles. The van der Waals surface area contributed by atoms with Crippen molar-refractivity contribution in [2.24, 2.45) is 5.92 Å². The Morgan fingerprint density at radius 3 is 2.55 bits per heavy atom. The van der Waals surface area contributed by atoms with Crippen LogP contribution in [0.15, 0.2) is 42.5 Å². The molecule has 0 bridgehead atoms. The predicted molar refractivity (Wildman–Crippen MR) is 112 cm³/mol. The minimum atomic E-state index is -0.626. The van der Waals surface area contributed by atoms with Gasteiger partial charge in [0.05, 0.1) is 6.42 Å². The van der Waals surface area contributed by atoms with E-state index >= 15 is 0 Å². The molecular weight excluding hydrogens is 366 g/mol. The number of carbonyl (C=O) groups excluding carboxylic acids is 3. The Labute approximate surface area is 170 Å². The second kappa shape index (κ2) is 8.07. The van der Waals surface area contributed by atoms with E-state index in [1.54, 1.807) is 23.1 Å². The van der Waals surface area contributed by atoms with Gasteiger partial charge in [-0.3, -0.25) is 14.4 Å². The van der Waals surface area contributed by atoms with Crippen molar-refractivity contribution in [3.63, 3.8) is 0 Å². The number of benzene rings is 2. The summed E-state index contributed by atoms with van der Waals surface area (Å²) in [5.41, 5.74) is 4.70. The van der Waals surface area contributed by atoms with Crippen molar-refractivity contribution in [2.75, 3.05) is 23.7 Å². The van der Waals surface area contributed by atoms with Crippen molar-refractivity contribution in [1.82, 2.24) is 4.90 Å². The zero-order valence-electron chi connectivity index (χ0n) is 16.5. The van der Waals surface area contributed by atoms with Gasteiger partial charge in [0.15, 0.2) is 0 Å². The van der Waals surface area contributed by atoms with E-state index in [1.807, 2.05) is 0 Å². The van der Waals surface area contributed by atoms with E-state index in [4.69, 9.17) is 0 Å². The van der Waals surface area contributed by atoms with Gasteiger partial charge in [0.25, 0.3) is 0 Å². The highest BCUT2D eigenvalue weighted by atomic mass is 16.2. The number of aryl methyl sites for hydroxylation is 1. The molecule has 2 heterocycles. The van der Waals surface area contributed by atoms with Gasteiger partial charge in [0.2, 0.25) is 5.91 Å². The van der Waals surface area contributed by atoms with E-state index < -0.39 is 11.8 Å². The number of fused-ring (bicyclic) bond motifs is 1. The topological polar surface area (TPSA) is 78.5 Å². The summed E-state index contributed by atoms with van der Waals surface area (Å²) in [4.78, 5) is 38.0. The molecule has 0 aromatic heterocycles. The fourth-order valence-corrected chi connectivity index (χ4v) is 4.03. The highest BCUT2D eigenvalue weighted by Crippen LogP contribution is 2.26. The SMILES string of the molecule is Cc1ccc(CC2CCN(C(=O)C(=O)Nc3ccc4c(c3)CC(=O)N4)CC2)cc1. The molecule has 0 spiro atoms. The number of carbonyl (C=O) groups is 3. The summed E-state index contributed by atoms with van der Waals surface area (Å²) in [5, 5.41) is 5.42. The molecule has 0 saturated carbocycles. The summed E-state index contributed by atoms with van der Waals surface area (Å²) >= 11 is 0. The predicted octanol–water partition coefficient (Wildman–Crippen LogP) is 2.91. The fourth-order valence-electron chi connectivity index (χ4n) is 4.03. The zero-order valence-corrected chi connectivity index (χ0v) is 16.5. The summed E-state index contributed by atoms with van der Waals surface area (Å²) in [6.07, 6.45) is 3.11. The lowest BCUT2D eigenvalue weighted by Crippen LogP contribution is -2.44. The zero-order chi connectivity index (χ0) is 20.4. The van der Waals surface area contributed by atoms with Gasteiger partial charge in [-0.15, -0.1) is 0 Å². The minimum absolute atomic E-state index is 0.0620. The third-order valence-electron chi connectivity index (χ3n) is 5.73. The highest BCUT2D eigenvalue weighted by molar-refractivity contribution is 6.39. The van der Waals surface area contributed by atoms with Gasteiger partial charge in [0, 0.05) is 24.5 Å². The summed E-state index contributed by atoms with van der Waals surface area (Å²) < 4.78 is 0. The molecule has 2 N–H and O–H groups in total. The molecule has 2 aromatic carbocycles. The van der Waals surface area contributed by atoms with Crippen molar-refractivity contribution in [1.29, 1.82) is 0 Å². The Hall–Kier alpha value is -3.15. The van der Waals surface area contributed by atoms with Crippen LogP contribution in [0.5, 0.6) is 0 Å². The number of likely N-dealkylation sites (tertiary alicyclic amines) is 1. The van der Waals surface area contributed by atoms with Crippen LogP contribution in [-0.4, -0.2) is 35.7 Å². The molecule has 0 atom stereocenters. The van der Waals surface area contributed by atoms with Crippen LogP contribution in [0.2, 0.25) is 0 Å². The van der Waals surface area contributed by atoms with Crippen molar-refractivity contribution >= 4 is 29.1 Å². The lowest BCUT2D eigenvalue weighted by Gasteiger charge is -2.31. The maximum absolute atomic E-state index is 12.5. The van der Waals surface area contributed by atoms with Crippen LogP contribution in [-0.2, 0) is 27.2 Å². The Morgan fingerprint density at radius 2 is 1.83 bits per heavy atom. The number of piperidine rings is 1. The molecule has 4 rings (SSSR count). The number of hydrogen-bond acceptors (Lipinski definition) is 3. The van der Waals surface area contributed by atoms with Crippen LogP contribution in [0.3, 0.4) is 0 Å². The Morgan fingerprint density at radius 1 is 1.10 bits per heavy atom. The molecule has 150 valence electrons. The second-order valence-electron chi connectivity index (χ2n) is 7.98. The standard InChI is InChI=1S/C23H25N3O3/c1-15-2-4-16(5-3-15)12-17-8-10-26(11-9-17)23(29)22(28)24-19-6-7-20-18(13-19)14-21(27)25-20/h2-7,13,17H,8-12,14H2,1H3,(H,24,28)(H,25,27). The molecule has 6 heteroatoms.